The van der Waals surface area contributed by atoms with Gasteiger partial charge in [-0.05, 0) is 71.8 Å². The minimum absolute atomic E-state index is 0.149. The first-order valence-electron chi connectivity index (χ1n) is 19.2. The van der Waals surface area contributed by atoms with Crippen LogP contribution in [-0.4, -0.2) is 9.13 Å². The molecule has 4 heterocycles. The second kappa shape index (κ2) is 12.1. The van der Waals surface area contributed by atoms with Gasteiger partial charge < -0.3 is 18.0 Å². The molecule has 0 saturated heterocycles. The fourth-order valence-corrected chi connectivity index (χ4v) is 9.19. The molecule has 0 aliphatic rings. The van der Waals surface area contributed by atoms with Crippen molar-refractivity contribution in [3.63, 3.8) is 0 Å². The van der Waals surface area contributed by atoms with Crippen molar-refractivity contribution in [2.24, 2.45) is 0 Å². The maximum absolute atomic E-state index is 14.0. The smallest absolute Gasteiger partial charge is 0.416 e. The van der Waals surface area contributed by atoms with Crippen molar-refractivity contribution in [2.45, 2.75) is 6.18 Å². The van der Waals surface area contributed by atoms with Crippen LogP contribution in [0.25, 0.3) is 110 Å². The highest BCUT2D eigenvalue weighted by atomic mass is 19.4. The highest BCUT2D eigenvalue weighted by molar-refractivity contribution is 6.19. The van der Waals surface area contributed by atoms with E-state index >= 15 is 0 Å². The van der Waals surface area contributed by atoms with Gasteiger partial charge in [-0.1, -0.05) is 78.9 Å². The van der Waals surface area contributed by atoms with Crippen LogP contribution in [0.3, 0.4) is 0 Å². The van der Waals surface area contributed by atoms with E-state index in [1.165, 1.54) is 6.07 Å². The maximum Gasteiger partial charge on any atom is 0.416 e. The minimum Gasteiger partial charge on any atom is -0.456 e. The summed E-state index contributed by atoms with van der Waals surface area (Å²) in [5, 5.41) is 29.4. The Bertz CT molecular complexity index is 3710. The van der Waals surface area contributed by atoms with Crippen LogP contribution in [0.5, 0.6) is 0 Å². The van der Waals surface area contributed by atoms with Crippen LogP contribution in [0.1, 0.15) is 16.7 Å². The van der Waals surface area contributed by atoms with Gasteiger partial charge in [-0.15, -0.1) is 0 Å². The van der Waals surface area contributed by atoms with E-state index in [2.05, 4.69) is 18.2 Å². The van der Waals surface area contributed by atoms with Crippen molar-refractivity contribution < 1.29 is 22.0 Å². The van der Waals surface area contributed by atoms with Gasteiger partial charge in [0.1, 0.15) is 34.0 Å². The zero-order valence-corrected chi connectivity index (χ0v) is 31.2. The topological polar surface area (TPSA) is 83.7 Å². The van der Waals surface area contributed by atoms with Gasteiger partial charge in [-0.25, -0.2) is 0 Å². The number of nitrogens with zero attached hydrogens (tertiary/aromatic N) is 4. The normalized spacial score (nSPS) is 12.2. The van der Waals surface area contributed by atoms with Crippen LogP contribution in [0.4, 0.5) is 13.2 Å². The van der Waals surface area contributed by atoms with E-state index in [9.17, 15) is 23.7 Å². The SMILES string of the molecule is N#Cc1cc(C(F)(F)F)ccc1-c1cc(-n2c3ccccc3c3cc4c(cc32)oc2ccccc24)c(C#N)c(-n2c3ccccc3c3cc4c(cc32)oc2ccccc24)c1. The largest absolute Gasteiger partial charge is 0.456 e. The lowest BCUT2D eigenvalue weighted by Crippen LogP contribution is -2.07. The van der Waals surface area contributed by atoms with Crippen molar-refractivity contribution in [1.82, 2.24) is 9.13 Å². The second-order valence-electron chi connectivity index (χ2n) is 15.0. The molecular formula is C51H25F3N4O2. The van der Waals surface area contributed by atoms with Gasteiger partial charge in [0.25, 0.3) is 0 Å². The molecule has 9 heteroatoms. The standard InChI is InChI=1S/C51H25F3N4O2/c52-51(53,54)30-17-18-31(29(19-30)26-55)28-20-43(57-41-13-5-1-9-32(41)36-22-38-34-11-3-7-15-47(34)59-49(38)24-45(36)57)40(27-56)44(21-28)58-42-14-6-2-10-33(42)37-23-39-35-12-4-8-16-48(35)60-50(39)25-46(37)58/h1-25H. The summed E-state index contributed by atoms with van der Waals surface area (Å²) in [6.07, 6.45) is -4.65. The molecule has 0 radical (unpaired) electrons. The summed E-state index contributed by atoms with van der Waals surface area (Å²) in [5.41, 5.74) is 6.90. The number of hydrogen-bond acceptors (Lipinski definition) is 4. The van der Waals surface area contributed by atoms with Crippen LogP contribution in [0.15, 0.2) is 160 Å². The number of aromatic nitrogens is 2. The minimum atomic E-state index is -4.65. The van der Waals surface area contributed by atoms with Gasteiger partial charge in [0, 0.05) is 55.2 Å². The predicted octanol–water partition coefficient (Wildman–Crippen LogP) is 14.1. The Morgan fingerprint density at radius 1 is 0.433 bits per heavy atom. The average molecular weight is 783 g/mol. The van der Waals surface area contributed by atoms with E-state index in [0.29, 0.717) is 39.2 Å². The first kappa shape index (κ1) is 33.8. The number of benzene rings is 8. The Morgan fingerprint density at radius 2 is 0.917 bits per heavy atom. The van der Waals surface area contributed by atoms with Crippen molar-refractivity contribution >= 4 is 87.5 Å². The van der Waals surface area contributed by atoms with Crippen LogP contribution in [0, 0.1) is 22.7 Å². The number of hydrogen-bond donors (Lipinski definition) is 0. The first-order valence-corrected chi connectivity index (χ1v) is 19.2. The van der Waals surface area contributed by atoms with Crippen molar-refractivity contribution in [2.75, 3.05) is 0 Å². The third-order valence-electron chi connectivity index (χ3n) is 11.8. The molecule has 0 fully saturated rings. The Hall–Kier alpha value is -8.27. The molecule has 0 unspecified atom stereocenters. The van der Waals surface area contributed by atoms with Gasteiger partial charge in [0.15, 0.2) is 0 Å². The molecule has 12 rings (SSSR count). The van der Waals surface area contributed by atoms with Gasteiger partial charge in [-0.3, -0.25) is 0 Å². The van der Waals surface area contributed by atoms with E-state index in [0.717, 1.165) is 88.5 Å². The molecule has 0 N–H and O–H groups in total. The molecule has 282 valence electrons. The summed E-state index contributed by atoms with van der Waals surface area (Å²) in [6, 6.07) is 51.1. The molecule has 0 amide bonds. The Balaban J connectivity index is 1.24. The van der Waals surface area contributed by atoms with Crippen LogP contribution in [0.2, 0.25) is 0 Å². The fraction of sp³-hybridized carbons (Fsp3) is 0.0196. The molecule has 0 atom stereocenters. The number of alkyl halides is 3. The third-order valence-corrected chi connectivity index (χ3v) is 11.8. The number of furan rings is 2. The number of halogens is 3. The number of fused-ring (bicyclic) bond motifs is 12. The van der Waals surface area contributed by atoms with Crippen molar-refractivity contribution in [3.8, 4) is 34.6 Å². The summed E-state index contributed by atoms with van der Waals surface area (Å²) in [6.45, 7) is 0. The molecule has 8 aromatic carbocycles. The van der Waals surface area contributed by atoms with E-state index < -0.39 is 11.7 Å². The van der Waals surface area contributed by atoms with E-state index in [-0.39, 0.29) is 5.56 Å². The monoisotopic (exact) mass is 782 g/mol. The quantitative estimate of drug-likeness (QED) is 0.179. The Morgan fingerprint density at radius 3 is 1.40 bits per heavy atom. The third kappa shape index (κ3) is 4.69. The molecule has 0 aliphatic carbocycles. The lowest BCUT2D eigenvalue weighted by molar-refractivity contribution is -0.137. The maximum atomic E-state index is 14.0. The molecule has 0 saturated carbocycles. The molecule has 0 aliphatic heterocycles. The highest BCUT2D eigenvalue weighted by Gasteiger charge is 2.32. The van der Waals surface area contributed by atoms with Gasteiger partial charge in [0.05, 0.1) is 50.6 Å². The molecule has 6 nitrogen and oxygen atoms in total. The number of rotatable bonds is 3. The van der Waals surface area contributed by atoms with Crippen LogP contribution >= 0.6 is 0 Å². The van der Waals surface area contributed by atoms with Crippen LogP contribution < -0.4 is 0 Å². The van der Waals surface area contributed by atoms with E-state index in [1.807, 2.05) is 124 Å². The van der Waals surface area contributed by atoms with Gasteiger partial charge in [0.2, 0.25) is 0 Å². The Kier molecular flexibility index (Phi) is 6.84. The Labute approximate surface area is 337 Å². The van der Waals surface area contributed by atoms with E-state index in [4.69, 9.17) is 8.83 Å². The molecule has 12 aromatic rings. The molecule has 60 heavy (non-hydrogen) atoms. The second-order valence-corrected chi connectivity index (χ2v) is 15.0. The fourth-order valence-electron chi connectivity index (χ4n) is 9.19. The molecular weight excluding hydrogens is 758 g/mol. The summed E-state index contributed by atoms with van der Waals surface area (Å²) >= 11 is 0. The van der Waals surface area contributed by atoms with Crippen LogP contribution in [-0.2, 0) is 6.18 Å². The molecule has 0 spiro atoms. The summed E-state index contributed by atoms with van der Waals surface area (Å²) < 4.78 is 58.9. The predicted molar refractivity (Wildman–Crippen MR) is 230 cm³/mol. The number of para-hydroxylation sites is 4. The molecule has 4 aromatic heterocycles. The summed E-state index contributed by atoms with van der Waals surface area (Å²) in [4.78, 5) is 0. The van der Waals surface area contributed by atoms with E-state index in [1.54, 1.807) is 12.1 Å². The van der Waals surface area contributed by atoms with Gasteiger partial charge in [-0.2, -0.15) is 23.7 Å². The average Bonchev–Trinajstić information content (AvgIpc) is 4.01. The summed E-state index contributed by atoms with van der Waals surface area (Å²) in [5.74, 6) is 0. The lowest BCUT2D eigenvalue weighted by atomic mass is 9.95. The molecule has 0 bridgehead atoms. The zero-order valence-electron chi connectivity index (χ0n) is 31.2. The van der Waals surface area contributed by atoms with Crippen molar-refractivity contribution in [3.05, 3.63) is 168 Å². The lowest BCUT2D eigenvalue weighted by Gasteiger charge is -2.19. The first-order chi connectivity index (χ1) is 29.3. The van der Waals surface area contributed by atoms with Gasteiger partial charge >= 0.3 is 6.18 Å². The van der Waals surface area contributed by atoms with Crippen molar-refractivity contribution in [1.29, 1.82) is 10.5 Å². The number of nitriles is 2. The zero-order chi connectivity index (χ0) is 40.4. The highest BCUT2D eigenvalue weighted by Crippen LogP contribution is 2.44. The summed E-state index contributed by atoms with van der Waals surface area (Å²) in [7, 11) is 0.